The third-order valence-corrected chi connectivity index (χ3v) is 4.62. The van der Waals surface area contributed by atoms with Crippen molar-refractivity contribution in [2.45, 2.75) is 38.1 Å². The van der Waals surface area contributed by atoms with E-state index in [0.717, 1.165) is 23.8 Å². The Hall–Kier alpha value is -1.71. The Balaban J connectivity index is 1.96. The molecule has 1 aliphatic carbocycles. The van der Waals surface area contributed by atoms with Crippen molar-refractivity contribution in [3.63, 3.8) is 0 Å². The van der Waals surface area contributed by atoms with Gasteiger partial charge in [-0.1, -0.05) is 6.42 Å². The molecule has 2 unspecified atom stereocenters. The molecule has 0 bridgehead atoms. The number of nitrogen functional groups attached to an aromatic ring is 1. The molecular formula is C15H21N3O. The zero-order valence-electron chi connectivity index (χ0n) is 11.1. The van der Waals surface area contributed by atoms with Gasteiger partial charge in [0.05, 0.1) is 11.4 Å². The molecule has 4 N–H and O–H groups in total. The van der Waals surface area contributed by atoms with Gasteiger partial charge in [-0.25, -0.2) is 0 Å². The van der Waals surface area contributed by atoms with E-state index in [1.54, 1.807) is 12.1 Å². The molecule has 1 aromatic carbocycles. The first-order chi connectivity index (χ1) is 9.16. The number of primary amides is 1. The molecule has 0 aromatic heterocycles. The third-order valence-electron chi connectivity index (χ3n) is 4.62. The summed E-state index contributed by atoms with van der Waals surface area (Å²) in [6.45, 7) is 1.04. The van der Waals surface area contributed by atoms with Crippen LogP contribution in [0.5, 0.6) is 0 Å². The number of nitrogens with two attached hydrogens (primary N) is 2. The number of rotatable bonds is 2. The molecular weight excluding hydrogens is 238 g/mol. The van der Waals surface area contributed by atoms with Crippen LogP contribution in [0, 0.1) is 5.92 Å². The van der Waals surface area contributed by atoms with Crippen LogP contribution in [0.4, 0.5) is 11.4 Å². The predicted octanol–water partition coefficient (Wildman–Crippen LogP) is 2.14. The van der Waals surface area contributed by atoms with Gasteiger partial charge in [0.2, 0.25) is 5.91 Å². The SMILES string of the molecule is NC(=O)c1ccc(N)c(N2CCCC3CCCC32)c1. The molecule has 1 aromatic rings. The fourth-order valence-corrected chi connectivity index (χ4v) is 3.70. The van der Waals surface area contributed by atoms with E-state index in [-0.39, 0.29) is 5.91 Å². The van der Waals surface area contributed by atoms with Gasteiger partial charge in [0.15, 0.2) is 0 Å². The number of hydrogen-bond donors (Lipinski definition) is 2. The molecule has 1 saturated carbocycles. The first-order valence-corrected chi connectivity index (χ1v) is 7.13. The van der Waals surface area contributed by atoms with E-state index in [0.29, 0.717) is 11.6 Å². The molecule has 1 heterocycles. The summed E-state index contributed by atoms with van der Waals surface area (Å²) < 4.78 is 0. The highest BCUT2D eigenvalue weighted by Crippen LogP contribution is 2.40. The van der Waals surface area contributed by atoms with E-state index in [9.17, 15) is 4.79 Å². The number of hydrogen-bond acceptors (Lipinski definition) is 3. The average molecular weight is 259 g/mol. The summed E-state index contributed by atoms with van der Waals surface area (Å²) >= 11 is 0. The minimum Gasteiger partial charge on any atom is -0.397 e. The lowest BCUT2D eigenvalue weighted by molar-refractivity contribution is 0.100. The molecule has 1 aliphatic heterocycles. The maximum absolute atomic E-state index is 11.3. The van der Waals surface area contributed by atoms with E-state index in [1.165, 1.54) is 32.1 Å². The van der Waals surface area contributed by atoms with E-state index in [1.807, 2.05) is 6.07 Å². The normalized spacial score (nSPS) is 26.2. The number of carbonyl (C=O) groups excluding carboxylic acids is 1. The second kappa shape index (κ2) is 4.76. The van der Waals surface area contributed by atoms with Crippen LogP contribution in [0.3, 0.4) is 0 Å². The fourth-order valence-electron chi connectivity index (χ4n) is 3.70. The molecule has 2 fully saturated rings. The minimum atomic E-state index is -0.388. The Bertz CT molecular complexity index is 500. The number of amides is 1. The molecule has 1 saturated heterocycles. The van der Waals surface area contributed by atoms with Crippen LogP contribution in [0.15, 0.2) is 18.2 Å². The standard InChI is InChI=1S/C15H21N3O/c16-12-7-6-11(15(17)19)9-14(12)18-8-2-4-10-3-1-5-13(10)18/h6-7,9-10,13H,1-5,8,16H2,(H2,17,19). The van der Waals surface area contributed by atoms with Crippen LogP contribution < -0.4 is 16.4 Å². The molecule has 0 spiro atoms. The van der Waals surface area contributed by atoms with E-state index in [2.05, 4.69) is 4.90 Å². The van der Waals surface area contributed by atoms with Crippen molar-refractivity contribution in [1.29, 1.82) is 0 Å². The van der Waals surface area contributed by atoms with Gasteiger partial charge in [0.25, 0.3) is 0 Å². The molecule has 102 valence electrons. The maximum Gasteiger partial charge on any atom is 0.248 e. The number of fused-ring (bicyclic) bond motifs is 1. The van der Waals surface area contributed by atoms with Gasteiger partial charge in [-0.15, -0.1) is 0 Å². The van der Waals surface area contributed by atoms with Gasteiger partial charge in [-0.3, -0.25) is 4.79 Å². The van der Waals surface area contributed by atoms with Gasteiger partial charge in [0.1, 0.15) is 0 Å². The zero-order valence-corrected chi connectivity index (χ0v) is 11.1. The van der Waals surface area contributed by atoms with Crippen LogP contribution >= 0.6 is 0 Å². The highest BCUT2D eigenvalue weighted by atomic mass is 16.1. The Labute approximate surface area is 113 Å². The summed E-state index contributed by atoms with van der Waals surface area (Å²) in [5, 5.41) is 0. The van der Waals surface area contributed by atoms with Crippen molar-refractivity contribution in [3.05, 3.63) is 23.8 Å². The van der Waals surface area contributed by atoms with Crippen LogP contribution in [-0.4, -0.2) is 18.5 Å². The van der Waals surface area contributed by atoms with Crippen molar-refractivity contribution in [3.8, 4) is 0 Å². The average Bonchev–Trinajstić information content (AvgIpc) is 2.87. The number of carbonyl (C=O) groups is 1. The minimum absolute atomic E-state index is 0.388. The number of piperidine rings is 1. The highest BCUT2D eigenvalue weighted by Gasteiger charge is 2.35. The maximum atomic E-state index is 11.3. The zero-order chi connectivity index (χ0) is 13.4. The van der Waals surface area contributed by atoms with Crippen molar-refractivity contribution in [1.82, 2.24) is 0 Å². The number of anilines is 2. The molecule has 4 heteroatoms. The number of nitrogens with zero attached hydrogens (tertiary/aromatic N) is 1. The van der Waals surface area contributed by atoms with E-state index in [4.69, 9.17) is 11.5 Å². The summed E-state index contributed by atoms with van der Waals surface area (Å²) in [6, 6.07) is 5.96. The van der Waals surface area contributed by atoms with Crippen molar-refractivity contribution >= 4 is 17.3 Å². The lowest BCUT2D eigenvalue weighted by atomic mass is 9.91. The van der Waals surface area contributed by atoms with Crippen molar-refractivity contribution in [2.75, 3.05) is 17.2 Å². The summed E-state index contributed by atoms with van der Waals surface area (Å²) in [4.78, 5) is 13.7. The summed E-state index contributed by atoms with van der Waals surface area (Å²) in [5.74, 6) is 0.409. The molecule has 2 atom stereocenters. The van der Waals surface area contributed by atoms with Gasteiger partial charge >= 0.3 is 0 Å². The summed E-state index contributed by atoms with van der Waals surface area (Å²) in [5.41, 5.74) is 13.8. The molecule has 4 nitrogen and oxygen atoms in total. The first kappa shape index (κ1) is 12.3. The highest BCUT2D eigenvalue weighted by molar-refractivity contribution is 5.95. The first-order valence-electron chi connectivity index (χ1n) is 7.13. The lowest BCUT2D eigenvalue weighted by Crippen LogP contribution is -2.43. The fraction of sp³-hybridized carbons (Fsp3) is 0.533. The largest absolute Gasteiger partial charge is 0.397 e. The Morgan fingerprint density at radius 1 is 1.21 bits per heavy atom. The molecule has 2 aliphatic rings. The van der Waals surface area contributed by atoms with E-state index < -0.39 is 0 Å². The molecule has 1 amide bonds. The van der Waals surface area contributed by atoms with Gasteiger partial charge in [-0.05, 0) is 49.8 Å². The number of benzene rings is 1. The van der Waals surface area contributed by atoms with Gasteiger partial charge in [0, 0.05) is 18.2 Å². The Kier molecular flexibility index (Phi) is 3.09. The Morgan fingerprint density at radius 3 is 2.79 bits per heavy atom. The monoisotopic (exact) mass is 259 g/mol. The van der Waals surface area contributed by atoms with Crippen LogP contribution in [0.25, 0.3) is 0 Å². The third kappa shape index (κ3) is 2.15. The Morgan fingerprint density at radius 2 is 2.00 bits per heavy atom. The second-order valence-corrected chi connectivity index (χ2v) is 5.73. The van der Waals surface area contributed by atoms with E-state index >= 15 is 0 Å². The molecule has 3 rings (SSSR count). The van der Waals surface area contributed by atoms with Crippen LogP contribution in [0.1, 0.15) is 42.5 Å². The van der Waals surface area contributed by atoms with Crippen LogP contribution in [-0.2, 0) is 0 Å². The smallest absolute Gasteiger partial charge is 0.248 e. The summed E-state index contributed by atoms with van der Waals surface area (Å²) in [6.07, 6.45) is 6.42. The summed E-state index contributed by atoms with van der Waals surface area (Å²) in [7, 11) is 0. The quantitative estimate of drug-likeness (QED) is 0.799. The van der Waals surface area contributed by atoms with Crippen molar-refractivity contribution < 1.29 is 4.79 Å². The predicted molar refractivity (Wildman–Crippen MR) is 77.1 cm³/mol. The molecule has 0 radical (unpaired) electrons. The lowest BCUT2D eigenvalue weighted by Gasteiger charge is -2.40. The van der Waals surface area contributed by atoms with Crippen LogP contribution in [0.2, 0.25) is 0 Å². The second-order valence-electron chi connectivity index (χ2n) is 5.73. The van der Waals surface area contributed by atoms with Gasteiger partial charge in [-0.2, -0.15) is 0 Å². The molecule has 19 heavy (non-hydrogen) atoms. The van der Waals surface area contributed by atoms with Gasteiger partial charge < -0.3 is 16.4 Å². The topological polar surface area (TPSA) is 72.3 Å². The van der Waals surface area contributed by atoms with Crippen molar-refractivity contribution in [2.24, 2.45) is 11.7 Å².